The Morgan fingerprint density at radius 1 is 0.966 bits per heavy atom. The molecule has 2 N–H and O–H groups in total. The highest BCUT2D eigenvalue weighted by Crippen LogP contribution is 2.34. The van der Waals surface area contributed by atoms with Gasteiger partial charge in [0, 0.05) is 22.3 Å². The lowest BCUT2D eigenvalue weighted by Gasteiger charge is -2.09. The summed E-state index contributed by atoms with van der Waals surface area (Å²) in [5.41, 5.74) is 0.681. The first-order valence-corrected chi connectivity index (χ1v) is 8.96. The first kappa shape index (κ1) is 20.0. The van der Waals surface area contributed by atoms with E-state index in [0.717, 1.165) is 10.5 Å². The lowest BCUT2D eigenvalue weighted by molar-refractivity contribution is -0.393. The van der Waals surface area contributed by atoms with E-state index in [1.54, 1.807) is 36.4 Å². The lowest BCUT2D eigenvalue weighted by atomic mass is 10.2. The second kappa shape index (κ2) is 8.48. The van der Waals surface area contributed by atoms with Crippen LogP contribution in [0.1, 0.15) is 5.56 Å². The van der Waals surface area contributed by atoms with Gasteiger partial charge in [0.2, 0.25) is 0 Å². The van der Waals surface area contributed by atoms with Crippen LogP contribution in [0.15, 0.2) is 70.1 Å². The number of phenols is 1. The number of rotatable bonds is 6. The molecule has 0 atom stereocenters. The van der Waals surface area contributed by atoms with Gasteiger partial charge in [-0.25, -0.2) is 0 Å². The highest BCUT2D eigenvalue weighted by atomic mass is 79.9. The van der Waals surface area contributed by atoms with Crippen molar-refractivity contribution >= 4 is 50.6 Å². The summed E-state index contributed by atoms with van der Waals surface area (Å²) in [7, 11) is 0. The summed E-state index contributed by atoms with van der Waals surface area (Å²) in [6.07, 6.45) is 1.46. The molecule has 0 aromatic heterocycles. The maximum absolute atomic E-state index is 11.3. The van der Waals surface area contributed by atoms with Crippen LogP contribution >= 0.6 is 15.9 Å². The molecule has 0 saturated heterocycles. The smallest absolute Gasteiger partial charge is 0.299 e. The molecule has 10 heteroatoms. The Morgan fingerprint density at radius 3 is 2.45 bits per heavy atom. The molecule has 0 bridgehead atoms. The van der Waals surface area contributed by atoms with Crippen LogP contribution in [0.4, 0.5) is 28.4 Å². The summed E-state index contributed by atoms with van der Waals surface area (Å²) < 4.78 is 0.768. The maximum Gasteiger partial charge on any atom is 0.299 e. The molecule has 0 aliphatic carbocycles. The molecule has 0 aliphatic heterocycles. The minimum atomic E-state index is -0.695. The van der Waals surface area contributed by atoms with Gasteiger partial charge >= 0.3 is 0 Å². The highest BCUT2D eigenvalue weighted by Gasteiger charge is 2.20. The van der Waals surface area contributed by atoms with E-state index in [4.69, 9.17) is 0 Å². The number of aliphatic imine (C=N–C) groups is 1. The number of nitro benzene ring substituents is 2. The summed E-state index contributed by atoms with van der Waals surface area (Å²) >= 11 is 3.32. The number of aromatic hydroxyl groups is 1. The molecule has 146 valence electrons. The van der Waals surface area contributed by atoms with E-state index in [0.29, 0.717) is 16.9 Å². The topological polar surface area (TPSA) is 131 Å². The van der Waals surface area contributed by atoms with Crippen LogP contribution in [0, 0.1) is 20.2 Å². The van der Waals surface area contributed by atoms with E-state index in [1.807, 2.05) is 0 Å². The van der Waals surface area contributed by atoms with Crippen molar-refractivity contribution in [3.05, 3.63) is 90.9 Å². The first-order chi connectivity index (χ1) is 13.8. The normalized spacial score (nSPS) is 10.8. The summed E-state index contributed by atoms with van der Waals surface area (Å²) in [5.74, 6) is 0.0494. The molecule has 3 rings (SSSR count). The minimum absolute atomic E-state index is 0.0494. The number of phenolic OH excluding ortho intramolecular Hbond substituents is 1. The van der Waals surface area contributed by atoms with Gasteiger partial charge in [-0.3, -0.25) is 25.2 Å². The number of hydrogen-bond donors (Lipinski definition) is 2. The Labute approximate surface area is 172 Å². The van der Waals surface area contributed by atoms with Crippen LogP contribution in [-0.4, -0.2) is 21.2 Å². The standard InChI is InChI=1S/C19H13BrN4O5/c20-13-5-8-19(25)12(9-13)11-21-15-3-1-2-4-16(15)22-17-7-6-14(23(26)27)10-18(17)24(28)29/h1-11,22,25H. The van der Waals surface area contributed by atoms with Crippen molar-refractivity contribution in [1.82, 2.24) is 0 Å². The molecule has 3 aromatic carbocycles. The van der Waals surface area contributed by atoms with Crippen molar-refractivity contribution in [2.45, 2.75) is 0 Å². The van der Waals surface area contributed by atoms with Gasteiger partial charge in [-0.2, -0.15) is 0 Å². The van der Waals surface area contributed by atoms with Gasteiger partial charge < -0.3 is 10.4 Å². The molecule has 0 radical (unpaired) electrons. The lowest BCUT2D eigenvalue weighted by Crippen LogP contribution is -1.99. The molecule has 9 nitrogen and oxygen atoms in total. The van der Waals surface area contributed by atoms with E-state index >= 15 is 0 Å². The number of anilines is 2. The molecule has 29 heavy (non-hydrogen) atoms. The minimum Gasteiger partial charge on any atom is -0.507 e. The third-order valence-electron chi connectivity index (χ3n) is 3.89. The fourth-order valence-electron chi connectivity index (χ4n) is 2.50. The number of benzene rings is 3. The van der Waals surface area contributed by atoms with Crippen LogP contribution in [0.5, 0.6) is 5.75 Å². The van der Waals surface area contributed by atoms with Crippen LogP contribution in [0.25, 0.3) is 0 Å². The average molecular weight is 457 g/mol. The van der Waals surface area contributed by atoms with E-state index in [1.165, 1.54) is 24.4 Å². The third kappa shape index (κ3) is 4.74. The summed E-state index contributed by atoms with van der Waals surface area (Å²) in [5, 5.41) is 35.1. The van der Waals surface area contributed by atoms with Gasteiger partial charge in [-0.15, -0.1) is 0 Å². The number of nitro groups is 2. The molecule has 0 spiro atoms. The fourth-order valence-corrected chi connectivity index (χ4v) is 2.87. The van der Waals surface area contributed by atoms with Gasteiger partial charge in [-0.1, -0.05) is 28.1 Å². The number of nitrogens with one attached hydrogen (secondary N) is 1. The van der Waals surface area contributed by atoms with Gasteiger partial charge in [0.15, 0.2) is 0 Å². The zero-order chi connectivity index (χ0) is 21.0. The Kier molecular flexibility index (Phi) is 5.84. The molecule has 0 unspecified atom stereocenters. The quantitative estimate of drug-likeness (QED) is 0.287. The van der Waals surface area contributed by atoms with E-state index in [2.05, 4.69) is 26.2 Å². The highest BCUT2D eigenvalue weighted by molar-refractivity contribution is 9.10. The van der Waals surface area contributed by atoms with E-state index in [9.17, 15) is 25.3 Å². The number of halogens is 1. The summed E-state index contributed by atoms with van der Waals surface area (Å²) in [4.78, 5) is 25.2. The van der Waals surface area contributed by atoms with Gasteiger partial charge in [0.25, 0.3) is 11.4 Å². The van der Waals surface area contributed by atoms with Crippen LogP contribution in [-0.2, 0) is 0 Å². The van der Waals surface area contributed by atoms with Crippen LogP contribution in [0.3, 0.4) is 0 Å². The molecule has 0 amide bonds. The van der Waals surface area contributed by atoms with Gasteiger partial charge in [0.1, 0.15) is 11.4 Å². The van der Waals surface area contributed by atoms with Crippen molar-refractivity contribution < 1.29 is 15.0 Å². The molecule has 0 aliphatic rings. The zero-order valence-electron chi connectivity index (χ0n) is 14.7. The largest absolute Gasteiger partial charge is 0.507 e. The molecular formula is C19H13BrN4O5. The predicted molar refractivity (Wildman–Crippen MR) is 113 cm³/mol. The summed E-state index contributed by atoms with van der Waals surface area (Å²) in [6.45, 7) is 0. The van der Waals surface area contributed by atoms with Crippen molar-refractivity contribution in [2.75, 3.05) is 5.32 Å². The number of nitrogens with zero attached hydrogens (tertiary/aromatic N) is 3. The van der Waals surface area contributed by atoms with E-state index < -0.39 is 15.5 Å². The Balaban J connectivity index is 1.96. The van der Waals surface area contributed by atoms with Crippen LogP contribution < -0.4 is 5.32 Å². The van der Waals surface area contributed by atoms with Crippen molar-refractivity contribution in [1.29, 1.82) is 0 Å². The molecule has 3 aromatic rings. The number of para-hydroxylation sites is 2. The van der Waals surface area contributed by atoms with E-state index in [-0.39, 0.29) is 17.1 Å². The summed E-state index contributed by atoms with van der Waals surface area (Å²) in [6, 6.07) is 15.1. The number of non-ortho nitro benzene ring substituents is 1. The average Bonchev–Trinajstić information content (AvgIpc) is 2.69. The Bertz CT molecular complexity index is 1130. The van der Waals surface area contributed by atoms with Crippen LogP contribution in [0.2, 0.25) is 0 Å². The molecule has 0 heterocycles. The van der Waals surface area contributed by atoms with Gasteiger partial charge in [-0.05, 0) is 36.4 Å². The molecule has 0 fully saturated rings. The Hall–Kier alpha value is -3.79. The second-order valence-electron chi connectivity index (χ2n) is 5.82. The number of hydrogen-bond acceptors (Lipinski definition) is 7. The molecule has 0 saturated carbocycles. The maximum atomic E-state index is 11.3. The predicted octanol–water partition coefficient (Wildman–Crippen LogP) is 5.47. The zero-order valence-corrected chi connectivity index (χ0v) is 16.2. The monoisotopic (exact) mass is 456 g/mol. The Morgan fingerprint density at radius 2 is 1.72 bits per heavy atom. The molecular weight excluding hydrogens is 444 g/mol. The fraction of sp³-hybridized carbons (Fsp3) is 0. The van der Waals surface area contributed by atoms with Gasteiger partial charge in [0.05, 0.1) is 27.3 Å². The van der Waals surface area contributed by atoms with Crippen molar-refractivity contribution in [3.63, 3.8) is 0 Å². The SMILES string of the molecule is O=[N+]([O-])c1ccc(Nc2ccccc2N=Cc2cc(Br)ccc2O)c([N+](=O)[O-])c1. The van der Waals surface area contributed by atoms with Crippen molar-refractivity contribution in [3.8, 4) is 5.75 Å². The first-order valence-electron chi connectivity index (χ1n) is 8.16. The van der Waals surface area contributed by atoms with Crippen molar-refractivity contribution in [2.24, 2.45) is 4.99 Å². The second-order valence-corrected chi connectivity index (χ2v) is 6.73. The third-order valence-corrected chi connectivity index (χ3v) is 4.39.